The van der Waals surface area contributed by atoms with Crippen LogP contribution in [0.3, 0.4) is 0 Å². The van der Waals surface area contributed by atoms with Gasteiger partial charge in [-0.1, -0.05) is 20.8 Å². The third kappa shape index (κ3) is 3.51. The second-order valence-corrected chi connectivity index (χ2v) is 6.11. The minimum Gasteiger partial charge on any atom is -0.481 e. The first kappa shape index (κ1) is 13.0. The van der Waals surface area contributed by atoms with Crippen LogP contribution in [0.2, 0.25) is 0 Å². The summed E-state index contributed by atoms with van der Waals surface area (Å²) in [7, 11) is 0. The van der Waals surface area contributed by atoms with Gasteiger partial charge < -0.3 is 9.84 Å². The van der Waals surface area contributed by atoms with Crippen molar-refractivity contribution >= 4 is 11.9 Å². The maximum atomic E-state index is 11.5. The first-order valence-electron chi connectivity index (χ1n) is 5.56. The first-order chi connectivity index (χ1) is 7.11. The van der Waals surface area contributed by atoms with E-state index in [1.807, 2.05) is 6.92 Å². The first-order valence-corrected chi connectivity index (χ1v) is 5.56. The number of carbonyl (C=O) groups is 2. The fraction of sp³-hybridized carbons (Fsp3) is 0.833. The van der Waals surface area contributed by atoms with Crippen LogP contribution in [0.1, 0.15) is 47.0 Å². The van der Waals surface area contributed by atoms with Gasteiger partial charge in [-0.3, -0.25) is 9.59 Å². The third-order valence-corrected chi connectivity index (χ3v) is 2.68. The minimum atomic E-state index is -0.943. The number of hydrogen-bond donors (Lipinski definition) is 1. The van der Waals surface area contributed by atoms with Crippen LogP contribution in [-0.4, -0.2) is 22.6 Å². The third-order valence-electron chi connectivity index (χ3n) is 2.68. The van der Waals surface area contributed by atoms with E-state index in [4.69, 9.17) is 9.84 Å². The predicted molar refractivity (Wildman–Crippen MR) is 58.9 cm³/mol. The molecule has 1 saturated heterocycles. The number of carboxylic acids is 1. The van der Waals surface area contributed by atoms with E-state index in [1.165, 1.54) is 0 Å². The lowest BCUT2D eigenvalue weighted by molar-refractivity contribution is -0.153. The molecule has 0 aliphatic carbocycles. The second kappa shape index (κ2) is 4.07. The van der Waals surface area contributed by atoms with E-state index in [1.54, 1.807) is 0 Å². The maximum absolute atomic E-state index is 11.5. The molecule has 0 bridgehead atoms. The summed E-state index contributed by atoms with van der Waals surface area (Å²) < 4.78 is 5.34. The molecule has 1 heterocycles. The average Bonchev–Trinajstić information content (AvgIpc) is 2.20. The molecule has 0 aromatic carbocycles. The predicted octanol–water partition coefficient (Wildman–Crippen LogP) is 2.22. The van der Waals surface area contributed by atoms with Gasteiger partial charge in [0.2, 0.25) is 0 Å². The summed E-state index contributed by atoms with van der Waals surface area (Å²) in [4.78, 5) is 22.1. The highest BCUT2D eigenvalue weighted by molar-refractivity contribution is 5.81. The highest BCUT2D eigenvalue weighted by Gasteiger charge is 2.45. The summed E-state index contributed by atoms with van der Waals surface area (Å²) >= 11 is 0. The molecule has 4 nitrogen and oxygen atoms in total. The van der Waals surface area contributed by atoms with E-state index in [0.717, 1.165) is 6.42 Å². The number of aliphatic carboxylic acids is 1. The lowest BCUT2D eigenvalue weighted by atomic mass is 9.79. The van der Waals surface area contributed by atoms with Crippen LogP contribution in [0, 0.1) is 11.3 Å². The Morgan fingerprint density at radius 2 is 2.12 bits per heavy atom. The number of rotatable bonds is 3. The number of cyclic esters (lactones) is 1. The van der Waals surface area contributed by atoms with Gasteiger partial charge in [0.25, 0.3) is 0 Å². The smallest absolute Gasteiger partial charge is 0.310 e. The Morgan fingerprint density at radius 3 is 2.56 bits per heavy atom. The van der Waals surface area contributed by atoms with Gasteiger partial charge in [0, 0.05) is 6.42 Å². The van der Waals surface area contributed by atoms with Gasteiger partial charge in [0.15, 0.2) is 0 Å². The number of carbonyl (C=O) groups excluding carboxylic acids is 1. The van der Waals surface area contributed by atoms with E-state index < -0.39 is 17.5 Å². The Kier molecular flexibility index (Phi) is 3.31. The lowest BCUT2D eigenvalue weighted by Crippen LogP contribution is -2.30. The molecule has 1 rings (SSSR count). The summed E-state index contributed by atoms with van der Waals surface area (Å²) in [5, 5.41) is 8.69. The average molecular weight is 228 g/mol. The summed E-state index contributed by atoms with van der Waals surface area (Å²) in [6.45, 7) is 8.13. The van der Waals surface area contributed by atoms with E-state index in [9.17, 15) is 9.59 Å². The van der Waals surface area contributed by atoms with Crippen LogP contribution in [0.15, 0.2) is 0 Å². The molecule has 0 aromatic heterocycles. The van der Waals surface area contributed by atoms with Gasteiger partial charge in [-0.25, -0.2) is 0 Å². The zero-order valence-corrected chi connectivity index (χ0v) is 10.4. The second-order valence-electron chi connectivity index (χ2n) is 6.11. The molecule has 16 heavy (non-hydrogen) atoms. The zero-order chi connectivity index (χ0) is 12.6. The fourth-order valence-electron chi connectivity index (χ4n) is 2.57. The Labute approximate surface area is 96.0 Å². The highest BCUT2D eigenvalue weighted by atomic mass is 16.6. The van der Waals surface area contributed by atoms with Crippen molar-refractivity contribution in [3.8, 4) is 0 Å². The van der Waals surface area contributed by atoms with Gasteiger partial charge in [0.1, 0.15) is 5.60 Å². The number of carboxylic acid groups (broad SMARTS) is 1. The molecule has 1 aliphatic rings. The van der Waals surface area contributed by atoms with E-state index in [0.29, 0.717) is 6.42 Å². The molecule has 4 heteroatoms. The standard InChI is InChI=1S/C12H20O4/c1-11(2,3)7-12(4)6-8(5-9(13)14)10(15)16-12/h8H,5-7H2,1-4H3,(H,13,14). The maximum Gasteiger partial charge on any atom is 0.310 e. The van der Waals surface area contributed by atoms with Crippen molar-refractivity contribution in [1.82, 2.24) is 0 Å². The van der Waals surface area contributed by atoms with Crippen molar-refractivity contribution in [2.45, 2.75) is 52.6 Å². The van der Waals surface area contributed by atoms with Gasteiger partial charge in [-0.05, 0) is 18.8 Å². The Hall–Kier alpha value is -1.06. The monoisotopic (exact) mass is 228 g/mol. The van der Waals surface area contributed by atoms with E-state index in [2.05, 4.69) is 20.8 Å². The Morgan fingerprint density at radius 1 is 1.56 bits per heavy atom. The van der Waals surface area contributed by atoms with Crippen LogP contribution in [0.5, 0.6) is 0 Å². The SMILES string of the molecule is CC(C)(C)CC1(C)CC(CC(=O)O)C(=O)O1. The molecule has 2 atom stereocenters. The number of ether oxygens (including phenoxy) is 1. The summed E-state index contributed by atoms with van der Waals surface area (Å²) in [6, 6.07) is 0. The summed E-state index contributed by atoms with van der Waals surface area (Å²) in [5.74, 6) is -1.79. The van der Waals surface area contributed by atoms with Crippen LogP contribution in [0.4, 0.5) is 0 Å². The number of hydrogen-bond acceptors (Lipinski definition) is 3. The van der Waals surface area contributed by atoms with E-state index in [-0.39, 0.29) is 17.8 Å². The van der Waals surface area contributed by atoms with Crippen molar-refractivity contribution in [2.24, 2.45) is 11.3 Å². The highest BCUT2D eigenvalue weighted by Crippen LogP contribution is 2.40. The molecule has 1 fully saturated rings. The summed E-state index contributed by atoms with van der Waals surface area (Å²) in [6.07, 6.45) is 1.13. The zero-order valence-electron chi connectivity index (χ0n) is 10.4. The molecule has 0 radical (unpaired) electrons. The molecule has 2 unspecified atom stereocenters. The molecule has 92 valence electrons. The fourth-order valence-corrected chi connectivity index (χ4v) is 2.57. The quantitative estimate of drug-likeness (QED) is 0.752. The molecule has 0 spiro atoms. The van der Waals surface area contributed by atoms with Crippen LogP contribution in [0.25, 0.3) is 0 Å². The van der Waals surface area contributed by atoms with Gasteiger partial charge in [-0.2, -0.15) is 0 Å². The molecule has 1 N–H and O–H groups in total. The normalized spacial score (nSPS) is 30.2. The molecular weight excluding hydrogens is 208 g/mol. The minimum absolute atomic E-state index is 0.0626. The van der Waals surface area contributed by atoms with Crippen molar-refractivity contribution < 1.29 is 19.4 Å². The van der Waals surface area contributed by atoms with Crippen LogP contribution < -0.4 is 0 Å². The molecule has 0 amide bonds. The van der Waals surface area contributed by atoms with Crippen molar-refractivity contribution in [3.05, 3.63) is 0 Å². The summed E-state index contributed by atoms with van der Waals surface area (Å²) in [5.41, 5.74) is -0.442. The van der Waals surface area contributed by atoms with Gasteiger partial charge >= 0.3 is 11.9 Å². The lowest BCUT2D eigenvalue weighted by Gasteiger charge is -2.30. The van der Waals surface area contributed by atoms with Crippen LogP contribution in [-0.2, 0) is 14.3 Å². The Bertz CT molecular complexity index is 303. The largest absolute Gasteiger partial charge is 0.481 e. The van der Waals surface area contributed by atoms with E-state index >= 15 is 0 Å². The molecular formula is C12H20O4. The molecule has 0 aromatic rings. The number of esters is 1. The van der Waals surface area contributed by atoms with Gasteiger partial charge in [0.05, 0.1) is 12.3 Å². The molecule has 1 aliphatic heterocycles. The molecule has 0 saturated carbocycles. The topological polar surface area (TPSA) is 63.6 Å². The van der Waals surface area contributed by atoms with Gasteiger partial charge in [-0.15, -0.1) is 0 Å². The van der Waals surface area contributed by atoms with Crippen molar-refractivity contribution in [3.63, 3.8) is 0 Å². The van der Waals surface area contributed by atoms with Crippen LogP contribution >= 0.6 is 0 Å². The van der Waals surface area contributed by atoms with Crippen molar-refractivity contribution in [1.29, 1.82) is 0 Å². The Balaban J connectivity index is 2.67. The van der Waals surface area contributed by atoms with Crippen molar-refractivity contribution in [2.75, 3.05) is 0 Å².